The third-order valence-electron chi connectivity index (χ3n) is 5.58. The van der Waals surface area contributed by atoms with Crippen LogP contribution in [0.4, 0.5) is 17.3 Å². The fraction of sp³-hybridized carbons (Fsp3) is 0.103. The van der Waals surface area contributed by atoms with Crippen molar-refractivity contribution in [2.75, 3.05) is 5.32 Å². The Balaban J connectivity index is 1.21. The van der Waals surface area contributed by atoms with Crippen LogP contribution in [0.5, 0.6) is 5.75 Å². The van der Waals surface area contributed by atoms with Gasteiger partial charge in [-0.1, -0.05) is 24.3 Å². The topological polar surface area (TPSA) is 109 Å². The zero-order valence-electron chi connectivity index (χ0n) is 20.5. The van der Waals surface area contributed by atoms with Crippen molar-refractivity contribution >= 4 is 17.3 Å². The fourth-order valence-electron chi connectivity index (χ4n) is 3.80. The number of nitrogens with one attached hydrogen (secondary N) is 1. The second-order valence-corrected chi connectivity index (χ2v) is 8.64. The van der Waals surface area contributed by atoms with Crippen molar-refractivity contribution < 1.29 is 5.11 Å². The van der Waals surface area contributed by atoms with E-state index in [4.69, 9.17) is 0 Å². The van der Waals surface area contributed by atoms with Crippen LogP contribution >= 0.6 is 0 Å². The van der Waals surface area contributed by atoms with Crippen LogP contribution in [-0.4, -0.2) is 25.0 Å². The molecule has 2 aromatic carbocycles. The van der Waals surface area contributed by atoms with Crippen LogP contribution in [-0.2, 0) is 6.54 Å². The molecule has 0 bridgehead atoms. The standard InChI is InChI=1S/C29H25N7O/c1-19-12-23(16-30-15-19)28-13-20(2)33-29(35-28)36-32-18-25-10-11-26(17-31-25)34-24-8-6-21(7-9-24)22-4-3-5-27(37)14-22/h3-17,34,37H,18H2,1-2H3. The molecule has 0 aliphatic carbocycles. The van der Waals surface area contributed by atoms with Crippen molar-refractivity contribution in [1.29, 1.82) is 0 Å². The Kier molecular flexibility index (Phi) is 6.89. The molecule has 2 N–H and O–H groups in total. The van der Waals surface area contributed by atoms with Gasteiger partial charge in [-0.15, -0.1) is 5.11 Å². The maximum atomic E-state index is 9.69. The Bertz CT molecular complexity index is 1550. The first kappa shape index (κ1) is 23.7. The van der Waals surface area contributed by atoms with Gasteiger partial charge in [0.05, 0.1) is 23.3 Å². The third-order valence-corrected chi connectivity index (χ3v) is 5.58. The second-order valence-electron chi connectivity index (χ2n) is 8.64. The van der Waals surface area contributed by atoms with E-state index in [9.17, 15) is 5.11 Å². The molecule has 0 amide bonds. The monoisotopic (exact) mass is 487 g/mol. The average molecular weight is 488 g/mol. The first-order valence-electron chi connectivity index (χ1n) is 11.8. The molecule has 182 valence electrons. The Morgan fingerprint density at radius 1 is 0.784 bits per heavy atom. The van der Waals surface area contributed by atoms with Crippen molar-refractivity contribution in [1.82, 2.24) is 19.9 Å². The van der Waals surface area contributed by atoms with E-state index in [0.29, 0.717) is 12.5 Å². The van der Waals surface area contributed by atoms with E-state index in [1.807, 2.05) is 74.5 Å². The minimum Gasteiger partial charge on any atom is -0.508 e. The highest BCUT2D eigenvalue weighted by Crippen LogP contribution is 2.26. The minimum atomic E-state index is 0.251. The summed E-state index contributed by atoms with van der Waals surface area (Å²) < 4.78 is 0. The van der Waals surface area contributed by atoms with Gasteiger partial charge >= 0.3 is 0 Å². The van der Waals surface area contributed by atoms with E-state index < -0.39 is 0 Å². The molecule has 0 spiro atoms. The molecular formula is C29H25N7O. The summed E-state index contributed by atoms with van der Waals surface area (Å²) in [5.41, 5.74) is 8.13. The van der Waals surface area contributed by atoms with Gasteiger partial charge in [-0.25, -0.2) is 9.97 Å². The lowest BCUT2D eigenvalue weighted by atomic mass is 10.1. The molecule has 8 heteroatoms. The SMILES string of the molecule is Cc1cncc(-c2cc(C)nc(N=NCc3ccc(Nc4ccc(-c5cccc(O)c5)cc4)cn3)n2)c1. The maximum Gasteiger partial charge on any atom is 0.269 e. The number of pyridine rings is 2. The van der Waals surface area contributed by atoms with E-state index in [2.05, 4.69) is 35.5 Å². The molecule has 3 heterocycles. The van der Waals surface area contributed by atoms with Gasteiger partial charge in [0.1, 0.15) is 12.3 Å². The highest BCUT2D eigenvalue weighted by molar-refractivity contribution is 5.69. The summed E-state index contributed by atoms with van der Waals surface area (Å²) in [6, 6.07) is 23.0. The number of aromatic nitrogens is 4. The summed E-state index contributed by atoms with van der Waals surface area (Å²) in [4.78, 5) is 17.6. The summed E-state index contributed by atoms with van der Waals surface area (Å²) >= 11 is 0. The molecule has 5 aromatic rings. The lowest BCUT2D eigenvalue weighted by Gasteiger charge is -2.08. The van der Waals surface area contributed by atoms with Gasteiger partial charge in [-0.05, 0) is 79.1 Å². The molecule has 0 aliphatic heterocycles. The first-order chi connectivity index (χ1) is 18.0. The number of anilines is 2. The van der Waals surface area contributed by atoms with E-state index in [1.54, 1.807) is 30.7 Å². The van der Waals surface area contributed by atoms with Crippen molar-refractivity contribution in [3.8, 4) is 28.1 Å². The largest absolute Gasteiger partial charge is 0.508 e. The Morgan fingerprint density at radius 2 is 1.62 bits per heavy atom. The van der Waals surface area contributed by atoms with Gasteiger partial charge in [0.25, 0.3) is 5.95 Å². The molecule has 37 heavy (non-hydrogen) atoms. The number of hydrogen-bond acceptors (Lipinski definition) is 8. The van der Waals surface area contributed by atoms with Crippen LogP contribution in [0.1, 0.15) is 17.0 Å². The lowest BCUT2D eigenvalue weighted by molar-refractivity contribution is 0.475. The molecule has 0 fully saturated rings. The highest BCUT2D eigenvalue weighted by Gasteiger charge is 2.06. The minimum absolute atomic E-state index is 0.251. The summed E-state index contributed by atoms with van der Waals surface area (Å²) in [6.45, 7) is 4.21. The van der Waals surface area contributed by atoms with Crippen molar-refractivity contribution in [2.45, 2.75) is 20.4 Å². The average Bonchev–Trinajstić information content (AvgIpc) is 2.90. The normalized spacial score (nSPS) is 11.1. The predicted molar refractivity (Wildman–Crippen MR) is 144 cm³/mol. The molecule has 0 saturated carbocycles. The first-order valence-corrected chi connectivity index (χ1v) is 11.8. The van der Waals surface area contributed by atoms with Gasteiger partial charge in [-0.2, -0.15) is 5.11 Å². The highest BCUT2D eigenvalue weighted by atomic mass is 16.3. The maximum absolute atomic E-state index is 9.69. The lowest BCUT2D eigenvalue weighted by Crippen LogP contribution is -1.94. The van der Waals surface area contributed by atoms with Gasteiger partial charge in [-0.3, -0.25) is 9.97 Å². The molecule has 8 nitrogen and oxygen atoms in total. The second kappa shape index (κ2) is 10.7. The van der Waals surface area contributed by atoms with Gasteiger partial charge in [0.15, 0.2) is 0 Å². The number of rotatable bonds is 7. The summed E-state index contributed by atoms with van der Waals surface area (Å²) in [7, 11) is 0. The molecule has 0 radical (unpaired) electrons. The van der Waals surface area contributed by atoms with Crippen LogP contribution in [0.25, 0.3) is 22.4 Å². The number of phenols is 1. The fourth-order valence-corrected chi connectivity index (χ4v) is 3.80. The number of benzene rings is 2. The van der Waals surface area contributed by atoms with Crippen LogP contribution in [0.2, 0.25) is 0 Å². The summed E-state index contributed by atoms with van der Waals surface area (Å²) in [5.74, 6) is 0.560. The number of aryl methyl sites for hydroxylation is 2. The summed E-state index contributed by atoms with van der Waals surface area (Å²) in [5, 5.41) is 21.5. The van der Waals surface area contributed by atoms with Gasteiger partial charge < -0.3 is 10.4 Å². The van der Waals surface area contributed by atoms with Crippen LogP contribution in [0.3, 0.4) is 0 Å². The van der Waals surface area contributed by atoms with Crippen molar-refractivity contribution in [3.05, 3.63) is 108 Å². The van der Waals surface area contributed by atoms with E-state index in [1.165, 1.54) is 0 Å². The van der Waals surface area contributed by atoms with Crippen LogP contribution < -0.4 is 5.32 Å². The van der Waals surface area contributed by atoms with Gasteiger partial charge in [0, 0.05) is 29.3 Å². The third kappa shape index (κ3) is 6.18. The van der Waals surface area contributed by atoms with E-state index >= 15 is 0 Å². The number of hydrogen-bond donors (Lipinski definition) is 2. The Morgan fingerprint density at radius 3 is 2.38 bits per heavy atom. The molecule has 0 aliphatic rings. The molecule has 5 rings (SSSR count). The molecular weight excluding hydrogens is 462 g/mol. The van der Waals surface area contributed by atoms with E-state index in [0.717, 1.165) is 50.7 Å². The number of aromatic hydroxyl groups is 1. The zero-order valence-corrected chi connectivity index (χ0v) is 20.5. The number of phenolic OH excluding ortho intramolecular Hbond substituents is 1. The number of nitrogens with zero attached hydrogens (tertiary/aromatic N) is 6. The van der Waals surface area contributed by atoms with E-state index in [-0.39, 0.29) is 5.75 Å². The molecule has 0 saturated heterocycles. The quantitative estimate of drug-likeness (QED) is 0.240. The Labute approximate surface area is 214 Å². The molecule has 3 aromatic heterocycles. The molecule has 0 atom stereocenters. The molecule has 0 unspecified atom stereocenters. The Hall–Kier alpha value is -4.98. The summed E-state index contributed by atoms with van der Waals surface area (Å²) in [6.07, 6.45) is 5.35. The number of azo groups is 1. The van der Waals surface area contributed by atoms with Gasteiger partial charge in [0.2, 0.25) is 0 Å². The van der Waals surface area contributed by atoms with Crippen LogP contribution in [0, 0.1) is 13.8 Å². The predicted octanol–water partition coefficient (Wildman–Crippen LogP) is 6.95. The van der Waals surface area contributed by atoms with Crippen molar-refractivity contribution in [2.24, 2.45) is 10.2 Å². The van der Waals surface area contributed by atoms with Crippen LogP contribution in [0.15, 0.2) is 102 Å². The van der Waals surface area contributed by atoms with Crippen molar-refractivity contribution in [3.63, 3.8) is 0 Å². The smallest absolute Gasteiger partial charge is 0.269 e. The zero-order chi connectivity index (χ0) is 25.6.